The Morgan fingerprint density at radius 1 is 0.537 bits per heavy atom. The maximum atomic E-state index is 4.22. The van der Waals surface area contributed by atoms with Crippen LogP contribution in [0, 0.1) is 0 Å². The van der Waals surface area contributed by atoms with Gasteiger partial charge >= 0.3 is 0 Å². The Hall–Kier alpha value is -6.64. The number of hydrogen-bond acceptors (Lipinski definition) is 1. The first-order valence-corrected chi connectivity index (χ1v) is 18.8. The van der Waals surface area contributed by atoms with Gasteiger partial charge in [0.25, 0.3) is 0 Å². The Kier molecular flexibility index (Phi) is 8.24. The number of allylic oxidation sites excluding steroid dienone is 5. The van der Waals surface area contributed by atoms with E-state index in [0.717, 1.165) is 17.1 Å². The summed E-state index contributed by atoms with van der Waals surface area (Å²) in [5.41, 5.74) is 16.7. The molecule has 7 aromatic carbocycles. The van der Waals surface area contributed by atoms with Crippen LogP contribution in [-0.4, -0.2) is 4.57 Å². The van der Waals surface area contributed by atoms with E-state index in [1.807, 2.05) is 6.08 Å². The first kappa shape index (κ1) is 33.2. The summed E-state index contributed by atoms with van der Waals surface area (Å²) in [5.74, 6) is 0. The highest BCUT2D eigenvalue weighted by molar-refractivity contribution is 6.10. The molecule has 0 bridgehead atoms. The molecule has 0 atom stereocenters. The van der Waals surface area contributed by atoms with Crippen molar-refractivity contribution >= 4 is 44.4 Å². The second-order valence-corrected chi connectivity index (χ2v) is 14.6. The van der Waals surface area contributed by atoms with Crippen LogP contribution in [0.15, 0.2) is 200 Å². The lowest BCUT2D eigenvalue weighted by Gasteiger charge is -2.29. The van der Waals surface area contributed by atoms with Crippen molar-refractivity contribution in [3.8, 4) is 27.9 Å². The van der Waals surface area contributed by atoms with Crippen LogP contribution in [-0.2, 0) is 5.41 Å². The number of benzene rings is 7. The number of aromatic nitrogens is 1. The molecule has 8 aromatic rings. The van der Waals surface area contributed by atoms with Crippen molar-refractivity contribution < 1.29 is 0 Å². The Bertz CT molecular complexity index is 2730. The number of rotatable bonds is 8. The summed E-state index contributed by atoms with van der Waals surface area (Å²) in [7, 11) is 0. The summed E-state index contributed by atoms with van der Waals surface area (Å²) >= 11 is 0. The largest absolute Gasteiger partial charge is 0.310 e. The van der Waals surface area contributed by atoms with Crippen molar-refractivity contribution in [2.45, 2.75) is 26.2 Å². The molecule has 0 fully saturated rings. The number of hydrogen-bond donors (Lipinski definition) is 0. The van der Waals surface area contributed by atoms with Gasteiger partial charge in [-0.3, -0.25) is 0 Å². The minimum absolute atomic E-state index is 0.170. The van der Waals surface area contributed by atoms with Crippen LogP contribution < -0.4 is 4.90 Å². The van der Waals surface area contributed by atoms with E-state index in [0.29, 0.717) is 0 Å². The smallest absolute Gasteiger partial charge is 0.0541 e. The van der Waals surface area contributed by atoms with Gasteiger partial charge in [-0.15, -0.1) is 0 Å². The standard InChI is InChI=1S/C52H42N2/c1-5-15-44-45-32-31-43(35-49(45)52(3,4)48(44)6-2)53(41-27-22-37(23-28-41)36-16-9-7-10-17-36)42-29-24-38(25-30-42)39-26-33-51-47(34-39)46-20-13-14-21-50(46)54(51)40-18-11-8-12-19-40/h5-35H,2H2,1,3-4H3/b15-5-. The molecule has 1 heterocycles. The Balaban J connectivity index is 1.14. The topological polar surface area (TPSA) is 8.17 Å². The first-order valence-electron chi connectivity index (χ1n) is 18.8. The van der Waals surface area contributed by atoms with Crippen LogP contribution in [0.3, 0.4) is 0 Å². The molecule has 9 rings (SSSR count). The molecule has 2 nitrogen and oxygen atoms in total. The maximum Gasteiger partial charge on any atom is 0.0541 e. The lowest BCUT2D eigenvalue weighted by atomic mass is 9.81. The highest BCUT2D eigenvalue weighted by atomic mass is 15.1. The van der Waals surface area contributed by atoms with Crippen molar-refractivity contribution in [3.05, 3.63) is 211 Å². The molecule has 260 valence electrons. The Labute approximate surface area is 318 Å². The lowest BCUT2D eigenvalue weighted by molar-refractivity contribution is 0.654. The normalized spacial score (nSPS) is 13.5. The molecule has 0 saturated heterocycles. The molecule has 0 aliphatic heterocycles. The zero-order chi connectivity index (χ0) is 36.8. The summed E-state index contributed by atoms with van der Waals surface area (Å²) in [6.07, 6.45) is 6.38. The number of nitrogens with zero attached hydrogens (tertiary/aromatic N) is 2. The molecule has 1 aliphatic rings. The zero-order valence-corrected chi connectivity index (χ0v) is 31.0. The van der Waals surface area contributed by atoms with Gasteiger partial charge in [0.2, 0.25) is 0 Å². The highest BCUT2D eigenvalue weighted by Crippen LogP contribution is 2.49. The fourth-order valence-electron chi connectivity index (χ4n) is 8.45. The molecule has 0 saturated carbocycles. The van der Waals surface area contributed by atoms with Gasteiger partial charge in [0, 0.05) is 38.9 Å². The molecule has 1 aromatic heterocycles. The van der Waals surface area contributed by atoms with E-state index in [2.05, 4.69) is 219 Å². The van der Waals surface area contributed by atoms with Gasteiger partial charge in [0.1, 0.15) is 0 Å². The fraction of sp³-hybridized carbons (Fsp3) is 0.0769. The summed E-state index contributed by atoms with van der Waals surface area (Å²) in [5, 5.41) is 2.51. The third-order valence-corrected chi connectivity index (χ3v) is 11.1. The quantitative estimate of drug-likeness (QED) is 0.154. The van der Waals surface area contributed by atoms with E-state index in [1.54, 1.807) is 0 Å². The molecule has 1 aliphatic carbocycles. The van der Waals surface area contributed by atoms with E-state index in [1.165, 1.54) is 72.0 Å². The first-order chi connectivity index (χ1) is 26.5. The van der Waals surface area contributed by atoms with Crippen LogP contribution in [0.4, 0.5) is 17.1 Å². The molecule has 0 amide bonds. The van der Waals surface area contributed by atoms with Crippen LogP contribution in [0.5, 0.6) is 0 Å². The SMILES string of the molecule is C=CC1=C(/C=C\C)c2ccc(N(c3ccc(-c4ccccc4)cc3)c3ccc(-c4ccc5c(c4)c4ccccc4n5-c4ccccc4)cc3)cc2C1(C)C. The minimum Gasteiger partial charge on any atom is -0.310 e. The van der Waals surface area contributed by atoms with E-state index in [-0.39, 0.29) is 5.41 Å². The summed E-state index contributed by atoms with van der Waals surface area (Å²) in [6, 6.07) is 61.7. The number of para-hydroxylation sites is 2. The molecular weight excluding hydrogens is 653 g/mol. The predicted octanol–water partition coefficient (Wildman–Crippen LogP) is 14.4. The highest BCUT2D eigenvalue weighted by Gasteiger charge is 2.36. The van der Waals surface area contributed by atoms with Crippen LogP contribution in [0.25, 0.3) is 55.3 Å². The number of anilines is 3. The van der Waals surface area contributed by atoms with E-state index in [4.69, 9.17) is 0 Å². The van der Waals surface area contributed by atoms with Crippen LogP contribution in [0.1, 0.15) is 31.9 Å². The van der Waals surface area contributed by atoms with Crippen molar-refractivity contribution in [2.75, 3.05) is 4.90 Å². The number of fused-ring (bicyclic) bond motifs is 4. The van der Waals surface area contributed by atoms with Crippen molar-refractivity contribution in [1.82, 2.24) is 4.57 Å². The Morgan fingerprint density at radius 3 is 1.76 bits per heavy atom. The van der Waals surface area contributed by atoms with E-state index < -0.39 is 0 Å². The van der Waals surface area contributed by atoms with Gasteiger partial charge in [0.15, 0.2) is 0 Å². The molecule has 0 radical (unpaired) electrons. The Morgan fingerprint density at radius 2 is 1.09 bits per heavy atom. The second kappa shape index (κ2) is 13.4. The van der Waals surface area contributed by atoms with Crippen molar-refractivity contribution in [1.29, 1.82) is 0 Å². The van der Waals surface area contributed by atoms with Gasteiger partial charge in [-0.25, -0.2) is 0 Å². The average Bonchev–Trinajstić information content (AvgIpc) is 3.66. The maximum absolute atomic E-state index is 4.22. The summed E-state index contributed by atoms with van der Waals surface area (Å²) in [4.78, 5) is 2.38. The lowest BCUT2D eigenvalue weighted by Crippen LogP contribution is -2.17. The molecule has 2 heteroatoms. The van der Waals surface area contributed by atoms with Gasteiger partial charge in [0.05, 0.1) is 11.0 Å². The fourth-order valence-corrected chi connectivity index (χ4v) is 8.45. The summed E-state index contributed by atoms with van der Waals surface area (Å²) < 4.78 is 2.37. The third kappa shape index (κ3) is 5.50. The van der Waals surface area contributed by atoms with Gasteiger partial charge < -0.3 is 9.47 Å². The predicted molar refractivity (Wildman–Crippen MR) is 231 cm³/mol. The molecule has 54 heavy (non-hydrogen) atoms. The zero-order valence-electron chi connectivity index (χ0n) is 31.0. The molecule has 0 spiro atoms. The molecule has 0 unspecified atom stereocenters. The van der Waals surface area contributed by atoms with E-state index >= 15 is 0 Å². The monoisotopic (exact) mass is 694 g/mol. The molecule has 0 N–H and O–H groups in total. The molecular formula is C52H42N2. The minimum atomic E-state index is -0.170. The van der Waals surface area contributed by atoms with Crippen LogP contribution >= 0.6 is 0 Å². The van der Waals surface area contributed by atoms with Gasteiger partial charge in [-0.05, 0) is 118 Å². The van der Waals surface area contributed by atoms with Gasteiger partial charge in [-0.2, -0.15) is 0 Å². The summed E-state index contributed by atoms with van der Waals surface area (Å²) in [6.45, 7) is 10.9. The van der Waals surface area contributed by atoms with Gasteiger partial charge in [-0.1, -0.05) is 142 Å². The average molecular weight is 695 g/mol. The van der Waals surface area contributed by atoms with Crippen molar-refractivity contribution in [3.63, 3.8) is 0 Å². The van der Waals surface area contributed by atoms with E-state index in [9.17, 15) is 0 Å². The van der Waals surface area contributed by atoms with Crippen LogP contribution in [0.2, 0.25) is 0 Å². The second-order valence-electron chi connectivity index (χ2n) is 14.6. The third-order valence-electron chi connectivity index (χ3n) is 11.1. The van der Waals surface area contributed by atoms with Crippen molar-refractivity contribution in [2.24, 2.45) is 0 Å².